The summed E-state index contributed by atoms with van der Waals surface area (Å²) in [5.41, 5.74) is 0.220. The van der Waals surface area contributed by atoms with Gasteiger partial charge in [-0.1, -0.05) is 13.8 Å². The van der Waals surface area contributed by atoms with Crippen LogP contribution in [0.3, 0.4) is 0 Å². The van der Waals surface area contributed by atoms with E-state index >= 15 is 0 Å². The molecule has 0 saturated carbocycles. The monoisotopic (exact) mass is 272 g/mol. The van der Waals surface area contributed by atoms with E-state index in [0.717, 1.165) is 32.2 Å². The predicted molar refractivity (Wildman–Crippen MR) is 79.6 cm³/mol. The van der Waals surface area contributed by atoms with Crippen LogP contribution in [0.15, 0.2) is 0 Å². The van der Waals surface area contributed by atoms with Crippen molar-refractivity contribution in [3.63, 3.8) is 0 Å². The Kier molecular flexibility index (Phi) is 7.29. The third-order valence-corrected chi connectivity index (χ3v) is 3.81. The molecule has 1 aliphatic heterocycles. The molecule has 0 radical (unpaired) electrons. The summed E-state index contributed by atoms with van der Waals surface area (Å²) in [5.74, 6) is 0.749. The van der Waals surface area contributed by atoms with Gasteiger partial charge in [0.05, 0.1) is 19.8 Å². The standard InChI is InChI=1S/C15H32N2O2/c1-13(2)10-14-11-17(15(3,4)12-16-14)6-7-19-9-8-18-5/h13-14,16H,6-12H2,1-5H3. The van der Waals surface area contributed by atoms with Gasteiger partial charge in [-0.25, -0.2) is 0 Å². The van der Waals surface area contributed by atoms with Crippen molar-refractivity contribution in [3.05, 3.63) is 0 Å². The molecule has 0 aromatic heterocycles. The number of methoxy groups -OCH3 is 1. The fraction of sp³-hybridized carbons (Fsp3) is 1.00. The molecule has 1 atom stereocenters. The SMILES string of the molecule is COCCOCCN1CC(CC(C)C)NCC1(C)C. The number of rotatable bonds is 8. The van der Waals surface area contributed by atoms with Crippen molar-refractivity contribution in [2.45, 2.75) is 45.7 Å². The van der Waals surface area contributed by atoms with Crippen LogP contribution in [-0.2, 0) is 9.47 Å². The number of nitrogens with one attached hydrogen (secondary N) is 1. The molecule has 1 saturated heterocycles. The lowest BCUT2D eigenvalue weighted by atomic mass is 9.94. The van der Waals surface area contributed by atoms with Crippen LogP contribution in [0.4, 0.5) is 0 Å². The van der Waals surface area contributed by atoms with E-state index in [1.165, 1.54) is 6.42 Å². The third kappa shape index (κ3) is 6.21. The number of piperazine rings is 1. The van der Waals surface area contributed by atoms with E-state index < -0.39 is 0 Å². The molecule has 114 valence electrons. The summed E-state index contributed by atoms with van der Waals surface area (Å²) in [6.07, 6.45) is 1.25. The van der Waals surface area contributed by atoms with E-state index in [9.17, 15) is 0 Å². The van der Waals surface area contributed by atoms with Gasteiger partial charge in [-0.2, -0.15) is 0 Å². The average Bonchev–Trinajstić information content (AvgIpc) is 2.32. The van der Waals surface area contributed by atoms with Crippen molar-refractivity contribution < 1.29 is 9.47 Å². The fourth-order valence-electron chi connectivity index (χ4n) is 2.62. The van der Waals surface area contributed by atoms with Crippen LogP contribution >= 0.6 is 0 Å². The maximum Gasteiger partial charge on any atom is 0.0700 e. The van der Waals surface area contributed by atoms with Crippen molar-refractivity contribution in [3.8, 4) is 0 Å². The third-order valence-electron chi connectivity index (χ3n) is 3.81. The molecule has 1 rings (SSSR count). The van der Waals surface area contributed by atoms with Gasteiger partial charge in [-0.3, -0.25) is 4.90 Å². The zero-order valence-electron chi connectivity index (χ0n) is 13.4. The first kappa shape index (κ1) is 16.9. The Morgan fingerprint density at radius 2 is 2.00 bits per heavy atom. The van der Waals surface area contributed by atoms with Crippen molar-refractivity contribution in [2.75, 3.05) is 46.6 Å². The Hall–Kier alpha value is -0.160. The van der Waals surface area contributed by atoms with Crippen molar-refractivity contribution in [1.29, 1.82) is 0 Å². The summed E-state index contributed by atoms with van der Waals surface area (Å²) in [5, 5.41) is 3.68. The smallest absolute Gasteiger partial charge is 0.0700 e. The van der Waals surface area contributed by atoms with E-state index in [4.69, 9.17) is 9.47 Å². The van der Waals surface area contributed by atoms with Gasteiger partial charge in [0.1, 0.15) is 0 Å². The Morgan fingerprint density at radius 1 is 1.26 bits per heavy atom. The summed E-state index contributed by atoms with van der Waals surface area (Å²) in [6.45, 7) is 14.6. The molecule has 4 heteroatoms. The molecule has 0 spiro atoms. The van der Waals surface area contributed by atoms with E-state index in [1.54, 1.807) is 7.11 Å². The molecular weight excluding hydrogens is 240 g/mol. The topological polar surface area (TPSA) is 33.7 Å². The molecule has 0 aliphatic carbocycles. The zero-order valence-corrected chi connectivity index (χ0v) is 13.4. The Labute approximate surface area is 118 Å². The second kappa shape index (κ2) is 8.20. The fourth-order valence-corrected chi connectivity index (χ4v) is 2.62. The lowest BCUT2D eigenvalue weighted by Crippen LogP contribution is -2.62. The number of nitrogens with zero attached hydrogens (tertiary/aromatic N) is 1. The Bertz CT molecular complexity index is 244. The minimum absolute atomic E-state index is 0.220. The molecule has 0 aromatic rings. The molecule has 4 nitrogen and oxygen atoms in total. The molecule has 1 aliphatic rings. The molecule has 19 heavy (non-hydrogen) atoms. The highest BCUT2D eigenvalue weighted by Crippen LogP contribution is 2.20. The Morgan fingerprint density at radius 3 is 2.63 bits per heavy atom. The quantitative estimate of drug-likeness (QED) is 0.683. The normalized spacial score (nSPS) is 24.0. The highest BCUT2D eigenvalue weighted by Gasteiger charge is 2.33. The molecule has 1 unspecified atom stereocenters. The van der Waals surface area contributed by atoms with E-state index in [2.05, 4.69) is 37.9 Å². The second-order valence-electron chi connectivity index (χ2n) is 6.57. The molecule has 1 fully saturated rings. The van der Waals surface area contributed by atoms with E-state index in [0.29, 0.717) is 19.3 Å². The lowest BCUT2D eigenvalue weighted by molar-refractivity contribution is 0.0135. The average molecular weight is 272 g/mol. The maximum atomic E-state index is 5.60. The maximum absolute atomic E-state index is 5.60. The second-order valence-corrected chi connectivity index (χ2v) is 6.57. The van der Waals surface area contributed by atoms with Gasteiger partial charge in [-0.05, 0) is 26.2 Å². The highest BCUT2D eigenvalue weighted by atomic mass is 16.5. The highest BCUT2D eigenvalue weighted by molar-refractivity contribution is 4.92. The van der Waals surface area contributed by atoms with Crippen LogP contribution in [0.5, 0.6) is 0 Å². The van der Waals surface area contributed by atoms with Crippen LogP contribution in [0, 0.1) is 5.92 Å². The largest absolute Gasteiger partial charge is 0.382 e. The van der Waals surface area contributed by atoms with Crippen molar-refractivity contribution in [2.24, 2.45) is 5.92 Å². The van der Waals surface area contributed by atoms with E-state index in [-0.39, 0.29) is 5.54 Å². The minimum atomic E-state index is 0.220. The van der Waals surface area contributed by atoms with Crippen LogP contribution in [-0.4, -0.2) is 63.0 Å². The minimum Gasteiger partial charge on any atom is -0.382 e. The summed E-state index contributed by atoms with van der Waals surface area (Å²) in [6, 6.07) is 0.618. The van der Waals surface area contributed by atoms with Gasteiger partial charge in [0.2, 0.25) is 0 Å². The molecule has 1 heterocycles. The van der Waals surface area contributed by atoms with Crippen LogP contribution < -0.4 is 5.32 Å². The number of ether oxygens (including phenoxy) is 2. The summed E-state index contributed by atoms with van der Waals surface area (Å²) in [4.78, 5) is 2.56. The zero-order chi connectivity index (χ0) is 14.3. The predicted octanol–water partition coefficient (Wildman–Crippen LogP) is 1.75. The van der Waals surface area contributed by atoms with Crippen molar-refractivity contribution in [1.82, 2.24) is 10.2 Å². The molecule has 0 aromatic carbocycles. The molecule has 0 amide bonds. The first-order chi connectivity index (χ1) is 8.95. The number of hydrogen-bond acceptors (Lipinski definition) is 4. The van der Waals surface area contributed by atoms with Crippen LogP contribution in [0.2, 0.25) is 0 Å². The van der Waals surface area contributed by atoms with Crippen molar-refractivity contribution >= 4 is 0 Å². The van der Waals surface area contributed by atoms with E-state index in [1.807, 2.05) is 0 Å². The van der Waals surface area contributed by atoms with Gasteiger partial charge in [-0.15, -0.1) is 0 Å². The lowest BCUT2D eigenvalue weighted by Gasteiger charge is -2.46. The van der Waals surface area contributed by atoms with Crippen LogP contribution in [0.1, 0.15) is 34.1 Å². The van der Waals surface area contributed by atoms with Gasteiger partial charge in [0.25, 0.3) is 0 Å². The molecule has 0 bridgehead atoms. The van der Waals surface area contributed by atoms with Gasteiger partial charge < -0.3 is 14.8 Å². The summed E-state index contributed by atoms with van der Waals surface area (Å²) >= 11 is 0. The van der Waals surface area contributed by atoms with Gasteiger partial charge >= 0.3 is 0 Å². The van der Waals surface area contributed by atoms with Gasteiger partial charge in [0, 0.05) is 38.3 Å². The van der Waals surface area contributed by atoms with Crippen LogP contribution in [0.25, 0.3) is 0 Å². The summed E-state index contributed by atoms with van der Waals surface area (Å²) < 4.78 is 10.6. The molecular formula is C15H32N2O2. The first-order valence-corrected chi connectivity index (χ1v) is 7.51. The summed E-state index contributed by atoms with van der Waals surface area (Å²) in [7, 11) is 1.71. The van der Waals surface area contributed by atoms with Gasteiger partial charge in [0.15, 0.2) is 0 Å². The first-order valence-electron chi connectivity index (χ1n) is 7.51. The number of hydrogen-bond donors (Lipinski definition) is 1. The molecule has 1 N–H and O–H groups in total. The Balaban J connectivity index is 2.34.